The third kappa shape index (κ3) is 3.83. The molecule has 0 saturated heterocycles. The lowest BCUT2D eigenvalue weighted by molar-refractivity contribution is 0.0895. The quantitative estimate of drug-likeness (QED) is 0.597. The van der Waals surface area contributed by atoms with Crippen LogP contribution in [0.4, 0.5) is 5.69 Å². The predicted molar refractivity (Wildman–Crippen MR) is 89.9 cm³/mol. The molecule has 0 amide bonds. The number of anilines is 1. The number of rotatable bonds is 3. The van der Waals surface area contributed by atoms with E-state index in [9.17, 15) is 0 Å². The number of hydrogen-bond donors (Lipinski definition) is 1. The summed E-state index contributed by atoms with van der Waals surface area (Å²) in [7, 11) is -1.83. The molecule has 108 valence electrons. The number of halogens is 1. The van der Waals surface area contributed by atoms with Crippen LogP contribution >= 0.6 is 15.9 Å². The Morgan fingerprint density at radius 2 is 1.63 bits per heavy atom. The molecule has 19 heavy (non-hydrogen) atoms. The Hall–Kier alpha value is -0.323. The Kier molecular flexibility index (Phi) is 4.60. The molecule has 0 heterocycles. The van der Waals surface area contributed by atoms with Gasteiger partial charge in [0.15, 0.2) is 8.32 Å². The van der Waals surface area contributed by atoms with Crippen molar-refractivity contribution in [3.63, 3.8) is 0 Å². The normalized spacial score (nSPS) is 13.7. The maximum Gasteiger partial charge on any atom is 0.193 e. The van der Waals surface area contributed by atoms with E-state index < -0.39 is 8.32 Å². The smallest absolute Gasteiger partial charge is 0.193 e. The topological polar surface area (TPSA) is 35.2 Å². The first-order valence-corrected chi connectivity index (χ1v) is 10.3. The van der Waals surface area contributed by atoms with Gasteiger partial charge in [0.05, 0.1) is 5.60 Å². The summed E-state index contributed by atoms with van der Waals surface area (Å²) in [6, 6.07) is 5.88. The van der Waals surface area contributed by atoms with Crippen molar-refractivity contribution in [2.24, 2.45) is 0 Å². The molecule has 1 aromatic rings. The molecule has 0 aliphatic carbocycles. The Labute approximate surface area is 127 Å². The molecule has 2 N–H and O–H groups in total. The highest BCUT2D eigenvalue weighted by molar-refractivity contribution is 9.10. The van der Waals surface area contributed by atoms with E-state index in [0.717, 1.165) is 15.7 Å². The lowest BCUT2D eigenvalue weighted by atomic mass is 9.98. The van der Waals surface area contributed by atoms with Gasteiger partial charge in [-0.05, 0) is 55.7 Å². The first-order chi connectivity index (χ1) is 8.37. The molecule has 0 fully saturated rings. The number of nitrogen functional groups attached to an aromatic ring is 1. The van der Waals surface area contributed by atoms with Gasteiger partial charge < -0.3 is 10.2 Å². The van der Waals surface area contributed by atoms with Crippen LogP contribution in [-0.2, 0) is 10.0 Å². The van der Waals surface area contributed by atoms with Crippen LogP contribution in [0, 0.1) is 0 Å². The van der Waals surface area contributed by atoms with E-state index in [-0.39, 0.29) is 10.6 Å². The summed E-state index contributed by atoms with van der Waals surface area (Å²) in [6.07, 6.45) is 0. The molecule has 0 radical (unpaired) electrons. The van der Waals surface area contributed by atoms with Crippen LogP contribution < -0.4 is 5.73 Å². The lowest BCUT2D eigenvalue weighted by Gasteiger charge is -2.43. The van der Waals surface area contributed by atoms with Gasteiger partial charge in [-0.25, -0.2) is 0 Å². The van der Waals surface area contributed by atoms with Gasteiger partial charge in [-0.1, -0.05) is 36.7 Å². The second-order valence-electron chi connectivity index (χ2n) is 7.11. The van der Waals surface area contributed by atoms with Gasteiger partial charge in [-0.2, -0.15) is 0 Å². The van der Waals surface area contributed by atoms with E-state index in [1.165, 1.54) is 0 Å². The Morgan fingerprint density at radius 3 is 2.11 bits per heavy atom. The maximum absolute atomic E-state index is 6.56. The fraction of sp³-hybridized carbons (Fsp3) is 0.600. The second kappa shape index (κ2) is 5.22. The average Bonchev–Trinajstić information content (AvgIpc) is 2.18. The minimum absolute atomic E-state index is 0.192. The number of hydrogen-bond acceptors (Lipinski definition) is 2. The van der Waals surface area contributed by atoms with E-state index in [0.29, 0.717) is 0 Å². The molecule has 1 rings (SSSR count). The highest BCUT2D eigenvalue weighted by Gasteiger charge is 2.42. The summed E-state index contributed by atoms with van der Waals surface area (Å²) < 4.78 is 7.61. The lowest BCUT2D eigenvalue weighted by Crippen LogP contribution is -2.46. The Balaban J connectivity index is 3.15. The van der Waals surface area contributed by atoms with Crippen molar-refractivity contribution in [1.82, 2.24) is 0 Å². The molecule has 0 bridgehead atoms. The van der Waals surface area contributed by atoms with Crippen molar-refractivity contribution in [3.8, 4) is 0 Å². The van der Waals surface area contributed by atoms with Crippen LogP contribution in [0.1, 0.15) is 40.2 Å². The first kappa shape index (κ1) is 16.7. The fourth-order valence-corrected chi connectivity index (χ4v) is 4.27. The monoisotopic (exact) mass is 343 g/mol. The van der Waals surface area contributed by atoms with Gasteiger partial charge in [-0.3, -0.25) is 0 Å². The van der Waals surface area contributed by atoms with Gasteiger partial charge in [0.2, 0.25) is 0 Å². The van der Waals surface area contributed by atoms with Crippen LogP contribution in [-0.4, -0.2) is 8.32 Å². The minimum atomic E-state index is -1.83. The molecule has 0 aliphatic rings. The molecule has 1 aromatic carbocycles. The third-order valence-corrected chi connectivity index (χ3v) is 9.28. The zero-order valence-electron chi connectivity index (χ0n) is 13.1. The van der Waals surface area contributed by atoms with Crippen molar-refractivity contribution >= 4 is 29.9 Å². The molecule has 0 atom stereocenters. The zero-order valence-corrected chi connectivity index (χ0v) is 15.7. The summed E-state index contributed by atoms with van der Waals surface area (Å²) >= 11 is 3.60. The second-order valence-corrected chi connectivity index (χ2v) is 12.7. The summed E-state index contributed by atoms with van der Waals surface area (Å²) in [5.74, 6) is 0. The van der Waals surface area contributed by atoms with Gasteiger partial charge in [0.25, 0.3) is 0 Å². The van der Waals surface area contributed by atoms with Gasteiger partial charge in [-0.15, -0.1) is 0 Å². The van der Waals surface area contributed by atoms with E-state index in [1.807, 2.05) is 18.2 Å². The zero-order chi connectivity index (χ0) is 15.1. The van der Waals surface area contributed by atoms with Crippen molar-refractivity contribution in [2.75, 3.05) is 5.73 Å². The number of benzene rings is 1. The van der Waals surface area contributed by atoms with Crippen LogP contribution in [0.2, 0.25) is 18.1 Å². The predicted octanol–water partition coefficient (Wildman–Crippen LogP) is 5.29. The summed E-state index contributed by atoms with van der Waals surface area (Å²) in [5, 5.41) is 0.192. The summed E-state index contributed by atoms with van der Waals surface area (Å²) in [4.78, 5) is 0. The molecular weight excluding hydrogens is 318 g/mol. The van der Waals surface area contributed by atoms with E-state index in [2.05, 4.69) is 63.6 Å². The van der Waals surface area contributed by atoms with Crippen LogP contribution in [0.15, 0.2) is 22.7 Å². The molecular formula is C15H26BrNOSi. The average molecular weight is 344 g/mol. The minimum Gasteiger partial charge on any atom is -0.408 e. The number of nitrogens with two attached hydrogens (primary N) is 1. The molecule has 0 spiro atoms. The largest absolute Gasteiger partial charge is 0.408 e. The Bertz CT molecular complexity index is 464. The SMILES string of the molecule is CC(C)(O[Si](C)(C)C(C)(C)C)c1cc(N)ccc1Br. The van der Waals surface area contributed by atoms with Crippen molar-refractivity contribution in [1.29, 1.82) is 0 Å². The van der Waals surface area contributed by atoms with Crippen molar-refractivity contribution in [3.05, 3.63) is 28.2 Å². The highest BCUT2D eigenvalue weighted by Crippen LogP contribution is 2.43. The standard InChI is InChI=1S/C15H26BrNOSi/c1-14(2,3)19(6,7)18-15(4,5)12-10-11(17)8-9-13(12)16/h8-10H,17H2,1-7H3. The first-order valence-electron chi connectivity index (χ1n) is 6.62. The van der Waals surface area contributed by atoms with Gasteiger partial charge >= 0.3 is 0 Å². The molecule has 0 unspecified atom stereocenters. The van der Waals surface area contributed by atoms with Crippen LogP contribution in [0.5, 0.6) is 0 Å². The molecule has 2 nitrogen and oxygen atoms in total. The Morgan fingerprint density at radius 1 is 1.11 bits per heavy atom. The molecule has 0 saturated carbocycles. The van der Waals surface area contributed by atoms with Gasteiger partial charge in [0, 0.05) is 10.2 Å². The summed E-state index contributed by atoms with van der Waals surface area (Å²) in [6.45, 7) is 15.5. The van der Waals surface area contributed by atoms with E-state index in [1.54, 1.807) is 0 Å². The summed E-state index contributed by atoms with van der Waals surface area (Å²) in [5.41, 5.74) is 7.44. The van der Waals surface area contributed by atoms with E-state index in [4.69, 9.17) is 10.2 Å². The van der Waals surface area contributed by atoms with Crippen LogP contribution in [0.25, 0.3) is 0 Å². The molecule has 0 aliphatic heterocycles. The molecule has 0 aromatic heterocycles. The third-order valence-electron chi connectivity index (χ3n) is 3.96. The van der Waals surface area contributed by atoms with E-state index >= 15 is 0 Å². The van der Waals surface area contributed by atoms with Crippen LogP contribution in [0.3, 0.4) is 0 Å². The molecule has 4 heteroatoms. The highest BCUT2D eigenvalue weighted by atomic mass is 79.9. The van der Waals surface area contributed by atoms with Crippen molar-refractivity contribution < 1.29 is 4.43 Å². The fourth-order valence-electron chi connectivity index (χ4n) is 1.85. The van der Waals surface area contributed by atoms with Gasteiger partial charge in [0.1, 0.15) is 0 Å². The maximum atomic E-state index is 6.56. The van der Waals surface area contributed by atoms with Crippen molar-refractivity contribution in [2.45, 2.75) is 58.4 Å².